The summed E-state index contributed by atoms with van der Waals surface area (Å²) in [6, 6.07) is 12.9. The van der Waals surface area contributed by atoms with Crippen LogP contribution in [0.3, 0.4) is 0 Å². The molecule has 2 aromatic carbocycles. The number of ether oxygens (including phenoxy) is 1. The predicted octanol–water partition coefficient (Wildman–Crippen LogP) is 3.29. The van der Waals surface area contributed by atoms with Crippen LogP contribution in [-0.4, -0.2) is 33.6 Å². The molecular weight excluding hydrogens is 400 g/mol. The number of sulfonamides is 1. The average molecular weight is 423 g/mol. The third-order valence-corrected chi connectivity index (χ3v) is 6.32. The molecule has 0 aliphatic carbocycles. The van der Waals surface area contributed by atoms with Gasteiger partial charge in [0.15, 0.2) is 0 Å². The zero-order valence-electron chi connectivity index (χ0n) is 15.5. The second-order valence-corrected chi connectivity index (χ2v) is 8.96. The molecule has 0 radical (unpaired) electrons. The van der Waals surface area contributed by atoms with Crippen molar-refractivity contribution in [2.75, 3.05) is 13.2 Å². The molecule has 8 heteroatoms. The molecule has 6 nitrogen and oxygen atoms in total. The molecule has 0 spiro atoms. The maximum atomic E-state index is 12.4. The fraction of sp³-hybridized carbons (Fsp3) is 0.350. The van der Waals surface area contributed by atoms with Crippen LogP contribution in [-0.2, 0) is 14.8 Å². The molecular formula is C20H23ClN2O4S. The number of rotatable bonds is 7. The summed E-state index contributed by atoms with van der Waals surface area (Å²) in [5.41, 5.74) is 1.27. The van der Waals surface area contributed by atoms with Gasteiger partial charge in [-0.1, -0.05) is 23.7 Å². The van der Waals surface area contributed by atoms with Crippen LogP contribution in [0.4, 0.5) is 0 Å². The molecule has 1 fully saturated rings. The van der Waals surface area contributed by atoms with Gasteiger partial charge in [0.1, 0.15) is 0 Å². The van der Waals surface area contributed by atoms with Crippen molar-refractivity contribution in [1.82, 2.24) is 10.0 Å². The van der Waals surface area contributed by atoms with Crippen LogP contribution in [0.2, 0.25) is 5.02 Å². The molecule has 2 atom stereocenters. The van der Waals surface area contributed by atoms with Crippen molar-refractivity contribution in [3.05, 3.63) is 64.7 Å². The van der Waals surface area contributed by atoms with Gasteiger partial charge < -0.3 is 10.1 Å². The van der Waals surface area contributed by atoms with E-state index < -0.39 is 10.0 Å². The lowest BCUT2D eigenvalue weighted by Gasteiger charge is -2.15. The standard InChI is InChI=1S/C20H23ClN2O4S/c1-14(16-4-2-5-17(21)12-16)23-20(24)15-7-9-19(10-8-15)28(25,26)22-13-18-6-3-11-27-18/h2,4-5,7-10,12,14,18,22H,3,6,11,13H2,1H3,(H,23,24)/t14-,18-/m0/s1. The smallest absolute Gasteiger partial charge is 0.251 e. The van der Waals surface area contributed by atoms with E-state index in [0.717, 1.165) is 18.4 Å². The Balaban J connectivity index is 1.61. The van der Waals surface area contributed by atoms with Gasteiger partial charge in [-0.15, -0.1) is 0 Å². The Kier molecular flexibility index (Phi) is 6.72. The molecule has 1 aliphatic rings. The number of carbonyl (C=O) groups is 1. The number of benzene rings is 2. The van der Waals surface area contributed by atoms with Gasteiger partial charge in [-0.25, -0.2) is 13.1 Å². The van der Waals surface area contributed by atoms with E-state index in [2.05, 4.69) is 10.0 Å². The molecule has 0 saturated carbocycles. The molecule has 150 valence electrons. The van der Waals surface area contributed by atoms with E-state index in [1.54, 1.807) is 12.1 Å². The van der Waals surface area contributed by atoms with Crippen molar-refractivity contribution in [3.63, 3.8) is 0 Å². The van der Waals surface area contributed by atoms with Crippen LogP contribution in [0.25, 0.3) is 0 Å². The summed E-state index contributed by atoms with van der Waals surface area (Å²) >= 11 is 5.99. The van der Waals surface area contributed by atoms with Gasteiger partial charge in [0.05, 0.1) is 17.0 Å². The van der Waals surface area contributed by atoms with E-state index in [-0.39, 0.29) is 29.5 Å². The first kappa shape index (κ1) is 20.8. The number of amides is 1. The van der Waals surface area contributed by atoms with Gasteiger partial charge in [-0.3, -0.25) is 4.79 Å². The summed E-state index contributed by atoms with van der Waals surface area (Å²) in [4.78, 5) is 12.6. The SMILES string of the molecule is C[C@H](NC(=O)c1ccc(S(=O)(=O)NC[C@@H]2CCCO2)cc1)c1cccc(Cl)c1. The summed E-state index contributed by atoms with van der Waals surface area (Å²) in [6.45, 7) is 2.78. The fourth-order valence-corrected chi connectivity index (χ4v) is 4.28. The lowest BCUT2D eigenvalue weighted by atomic mass is 10.1. The normalized spacial score (nSPS) is 18.0. The first-order valence-corrected chi connectivity index (χ1v) is 11.0. The first-order chi connectivity index (χ1) is 13.3. The number of nitrogens with one attached hydrogen (secondary N) is 2. The first-order valence-electron chi connectivity index (χ1n) is 9.13. The van der Waals surface area contributed by atoms with Gasteiger partial charge in [0.2, 0.25) is 10.0 Å². The van der Waals surface area contributed by atoms with E-state index in [1.807, 2.05) is 19.1 Å². The van der Waals surface area contributed by atoms with Crippen molar-refractivity contribution in [2.24, 2.45) is 0 Å². The molecule has 1 saturated heterocycles. The Morgan fingerprint density at radius 3 is 2.64 bits per heavy atom. The molecule has 28 heavy (non-hydrogen) atoms. The minimum Gasteiger partial charge on any atom is -0.377 e. The Labute approximate surface area is 170 Å². The summed E-state index contributed by atoms with van der Waals surface area (Å²) in [7, 11) is -3.64. The van der Waals surface area contributed by atoms with Gasteiger partial charge in [0, 0.05) is 23.7 Å². The molecule has 1 amide bonds. The van der Waals surface area contributed by atoms with Crippen LogP contribution in [0.15, 0.2) is 53.4 Å². The van der Waals surface area contributed by atoms with Gasteiger partial charge in [-0.2, -0.15) is 0 Å². The largest absolute Gasteiger partial charge is 0.377 e. The van der Waals surface area contributed by atoms with E-state index >= 15 is 0 Å². The maximum absolute atomic E-state index is 12.4. The van der Waals surface area contributed by atoms with Crippen LogP contribution in [0.5, 0.6) is 0 Å². The van der Waals surface area contributed by atoms with Crippen molar-refractivity contribution < 1.29 is 17.9 Å². The molecule has 1 heterocycles. The van der Waals surface area contributed by atoms with Crippen molar-refractivity contribution in [1.29, 1.82) is 0 Å². The Morgan fingerprint density at radius 2 is 2.00 bits per heavy atom. The van der Waals surface area contributed by atoms with Crippen molar-refractivity contribution in [2.45, 2.75) is 36.8 Å². The predicted molar refractivity (Wildman–Crippen MR) is 108 cm³/mol. The van der Waals surface area contributed by atoms with Crippen LogP contribution in [0.1, 0.15) is 41.7 Å². The Morgan fingerprint density at radius 1 is 1.25 bits per heavy atom. The number of halogens is 1. The third kappa shape index (κ3) is 5.32. The van der Waals surface area contributed by atoms with E-state index in [1.165, 1.54) is 24.3 Å². The number of hydrogen-bond donors (Lipinski definition) is 2. The summed E-state index contributed by atoms with van der Waals surface area (Å²) in [5, 5.41) is 3.48. The zero-order valence-corrected chi connectivity index (χ0v) is 17.1. The summed E-state index contributed by atoms with van der Waals surface area (Å²) < 4.78 is 32.8. The molecule has 0 aromatic heterocycles. The molecule has 0 bridgehead atoms. The van der Waals surface area contributed by atoms with E-state index in [4.69, 9.17) is 16.3 Å². The number of carbonyl (C=O) groups excluding carboxylic acids is 1. The highest BCUT2D eigenvalue weighted by molar-refractivity contribution is 7.89. The summed E-state index contributed by atoms with van der Waals surface area (Å²) in [6.07, 6.45) is 1.73. The molecule has 3 rings (SSSR count). The third-order valence-electron chi connectivity index (χ3n) is 4.65. The molecule has 0 unspecified atom stereocenters. The Hall–Kier alpha value is -1.93. The van der Waals surface area contributed by atoms with E-state index in [0.29, 0.717) is 17.2 Å². The average Bonchev–Trinajstić information content (AvgIpc) is 3.20. The molecule has 2 aromatic rings. The van der Waals surface area contributed by atoms with Crippen LogP contribution in [0, 0.1) is 0 Å². The summed E-state index contributed by atoms with van der Waals surface area (Å²) in [5.74, 6) is -0.288. The topological polar surface area (TPSA) is 84.5 Å². The number of hydrogen-bond acceptors (Lipinski definition) is 4. The Bertz CT molecular complexity index is 925. The minimum atomic E-state index is -3.64. The van der Waals surface area contributed by atoms with Gasteiger partial charge in [-0.05, 0) is 61.7 Å². The van der Waals surface area contributed by atoms with Gasteiger partial charge in [0.25, 0.3) is 5.91 Å². The lowest BCUT2D eigenvalue weighted by molar-refractivity contribution is 0.0939. The fourth-order valence-electron chi connectivity index (χ4n) is 3.02. The molecule has 1 aliphatic heterocycles. The van der Waals surface area contributed by atoms with Gasteiger partial charge >= 0.3 is 0 Å². The quantitative estimate of drug-likeness (QED) is 0.717. The highest BCUT2D eigenvalue weighted by Crippen LogP contribution is 2.18. The lowest BCUT2D eigenvalue weighted by Crippen LogP contribution is -2.32. The molecule has 2 N–H and O–H groups in total. The highest BCUT2D eigenvalue weighted by Gasteiger charge is 2.20. The minimum absolute atomic E-state index is 0.0761. The van der Waals surface area contributed by atoms with Crippen LogP contribution < -0.4 is 10.0 Å². The monoisotopic (exact) mass is 422 g/mol. The van der Waals surface area contributed by atoms with Crippen LogP contribution >= 0.6 is 11.6 Å². The zero-order chi connectivity index (χ0) is 20.1. The highest BCUT2D eigenvalue weighted by atomic mass is 35.5. The second kappa shape index (κ2) is 9.05. The van der Waals surface area contributed by atoms with Crippen molar-refractivity contribution >= 4 is 27.5 Å². The second-order valence-electron chi connectivity index (χ2n) is 6.76. The maximum Gasteiger partial charge on any atom is 0.251 e. The van der Waals surface area contributed by atoms with Crippen molar-refractivity contribution in [3.8, 4) is 0 Å². The van der Waals surface area contributed by atoms with E-state index in [9.17, 15) is 13.2 Å².